The third-order valence-electron chi connectivity index (χ3n) is 2.92. The molecule has 1 aromatic heterocycles. The van der Waals surface area contributed by atoms with Crippen LogP contribution in [0.5, 0.6) is 0 Å². The molecule has 0 fully saturated rings. The van der Waals surface area contributed by atoms with Gasteiger partial charge in [0.05, 0.1) is 11.6 Å². The lowest BCUT2D eigenvalue weighted by Crippen LogP contribution is -2.05. The minimum absolute atomic E-state index is 0.269. The summed E-state index contributed by atoms with van der Waals surface area (Å²) in [5.74, 6) is -0.631. The number of halogens is 1. The minimum Gasteiger partial charge on any atom is -0.303 e. The molecule has 0 N–H and O–H groups in total. The average Bonchev–Trinajstić information content (AvgIpc) is 2.68. The van der Waals surface area contributed by atoms with Crippen molar-refractivity contribution < 1.29 is 9.18 Å². The molecule has 0 saturated carbocycles. The Kier molecular flexibility index (Phi) is 3.87. The molecule has 1 atom stereocenters. The Morgan fingerprint density at radius 3 is 2.67 bits per heavy atom. The predicted molar refractivity (Wildman–Crippen MR) is 70.5 cm³/mol. The van der Waals surface area contributed by atoms with Crippen LogP contribution in [0.15, 0.2) is 24.3 Å². The van der Waals surface area contributed by atoms with Crippen LogP contribution < -0.4 is 0 Å². The smallest absolute Gasteiger partial charge is 0.130 e. The molecule has 0 radical (unpaired) electrons. The van der Waals surface area contributed by atoms with Crippen molar-refractivity contribution in [2.45, 2.75) is 26.2 Å². The highest BCUT2D eigenvalue weighted by molar-refractivity contribution is 7.11. The molecule has 0 aliphatic rings. The molecule has 0 aliphatic carbocycles. The summed E-state index contributed by atoms with van der Waals surface area (Å²) in [5, 5.41) is 0.767. The van der Waals surface area contributed by atoms with Gasteiger partial charge in [-0.1, -0.05) is 18.2 Å². The van der Waals surface area contributed by atoms with E-state index >= 15 is 0 Å². The summed E-state index contributed by atoms with van der Waals surface area (Å²) in [6.45, 7) is 3.89. The normalized spacial score (nSPS) is 12.4. The molecule has 94 valence electrons. The van der Waals surface area contributed by atoms with Crippen LogP contribution in [0, 0.1) is 19.7 Å². The standard InChI is InChI=1S/C14H14FNOS/c1-9-10(2)18-14(16-9)12(8-17)7-11-5-3-4-6-13(11)15/h3-6,8,12H,7H2,1-2H3. The molecular weight excluding hydrogens is 249 g/mol. The van der Waals surface area contributed by atoms with Gasteiger partial charge in [0.1, 0.15) is 17.1 Å². The number of rotatable bonds is 4. The Morgan fingerprint density at radius 2 is 2.11 bits per heavy atom. The maximum Gasteiger partial charge on any atom is 0.130 e. The fraction of sp³-hybridized carbons (Fsp3) is 0.286. The van der Waals surface area contributed by atoms with Gasteiger partial charge < -0.3 is 4.79 Å². The first-order chi connectivity index (χ1) is 8.61. The van der Waals surface area contributed by atoms with E-state index in [2.05, 4.69) is 4.98 Å². The second-order valence-corrected chi connectivity index (χ2v) is 5.47. The molecule has 0 amide bonds. The zero-order valence-electron chi connectivity index (χ0n) is 10.3. The molecule has 0 spiro atoms. The van der Waals surface area contributed by atoms with Crippen molar-refractivity contribution in [2.24, 2.45) is 0 Å². The van der Waals surface area contributed by atoms with Gasteiger partial charge in [-0.3, -0.25) is 0 Å². The highest BCUT2D eigenvalue weighted by Gasteiger charge is 2.18. The zero-order valence-corrected chi connectivity index (χ0v) is 11.1. The first kappa shape index (κ1) is 12.9. The topological polar surface area (TPSA) is 30.0 Å². The van der Waals surface area contributed by atoms with Crippen LogP contribution in [-0.4, -0.2) is 11.3 Å². The number of aryl methyl sites for hydroxylation is 2. The third kappa shape index (κ3) is 2.64. The maximum absolute atomic E-state index is 13.6. The predicted octanol–water partition coefficient (Wildman–Crippen LogP) is 3.42. The van der Waals surface area contributed by atoms with E-state index in [1.54, 1.807) is 18.2 Å². The number of thiazole rings is 1. The van der Waals surface area contributed by atoms with Gasteiger partial charge in [0, 0.05) is 4.88 Å². The number of aromatic nitrogens is 1. The first-order valence-electron chi connectivity index (χ1n) is 5.74. The van der Waals surface area contributed by atoms with Crippen molar-refractivity contribution in [1.29, 1.82) is 0 Å². The second kappa shape index (κ2) is 5.40. The van der Waals surface area contributed by atoms with E-state index in [0.717, 1.165) is 21.9 Å². The molecule has 18 heavy (non-hydrogen) atoms. The van der Waals surface area contributed by atoms with Crippen LogP contribution in [0.25, 0.3) is 0 Å². The number of aldehydes is 1. The van der Waals surface area contributed by atoms with Crippen molar-refractivity contribution in [2.75, 3.05) is 0 Å². The lowest BCUT2D eigenvalue weighted by Gasteiger charge is -2.07. The van der Waals surface area contributed by atoms with Crippen molar-refractivity contribution in [3.63, 3.8) is 0 Å². The van der Waals surface area contributed by atoms with Gasteiger partial charge in [-0.2, -0.15) is 0 Å². The van der Waals surface area contributed by atoms with E-state index < -0.39 is 0 Å². The SMILES string of the molecule is Cc1nc(C(C=O)Cc2ccccc2F)sc1C. The third-order valence-corrected chi connectivity index (χ3v) is 4.13. The molecule has 0 bridgehead atoms. The summed E-state index contributed by atoms with van der Waals surface area (Å²) in [4.78, 5) is 16.7. The summed E-state index contributed by atoms with van der Waals surface area (Å²) >= 11 is 1.51. The molecule has 2 aromatic rings. The maximum atomic E-state index is 13.6. The summed E-state index contributed by atoms with van der Waals surface area (Å²) in [6, 6.07) is 6.54. The Balaban J connectivity index is 2.25. The van der Waals surface area contributed by atoms with Crippen LogP contribution in [0.1, 0.15) is 27.1 Å². The summed E-state index contributed by atoms with van der Waals surface area (Å²) in [5.41, 5.74) is 1.50. The Labute approximate surface area is 110 Å². The van der Waals surface area contributed by atoms with Gasteiger partial charge >= 0.3 is 0 Å². The first-order valence-corrected chi connectivity index (χ1v) is 6.56. The molecular formula is C14H14FNOS. The van der Waals surface area contributed by atoms with Crippen molar-refractivity contribution >= 4 is 17.6 Å². The highest BCUT2D eigenvalue weighted by atomic mass is 32.1. The molecule has 4 heteroatoms. The van der Waals surface area contributed by atoms with E-state index in [1.807, 2.05) is 13.8 Å². The van der Waals surface area contributed by atoms with Gasteiger partial charge in [0.15, 0.2) is 0 Å². The van der Waals surface area contributed by atoms with Gasteiger partial charge in [-0.05, 0) is 31.9 Å². The Morgan fingerprint density at radius 1 is 1.39 bits per heavy atom. The summed E-state index contributed by atoms with van der Waals surface area (Å²) < 4.78 is 13.6. The van der Waals surface area contributed by atoms with Gasteiger partial charge in [-0.25, -0.2) is 9.37 Å². The van der Waals surface area contributed by atoms with Crippen molar-refractivity contribution in [1.82, 2.24) is 4.98 Å². The van der Waals surface area contributed by atoms with Crippen molar-refractivity contribution in [3.05, 3.63) is 51.2 Å². The number of carbonyl (C=O) groups is 1. The molecule has 0 aliphatic heterocycles. The van der Waals surface area contributed by atoms with Crippen LogP contribution >= 0.6 is 11.3 Å². The summed E-state index contributed by atoms with van der Waals surface area (Å²) in [6.07, 6.45) is 1.22. The lowest BCUT2D eigenvalue weighted by atomic mass is 10.0. The molecule has 0 saturated heterocycles. The van der Waals surface area contributed by atoms with E-state index in [9.17, 15) is 9.18 Å². The number of hydrogen-bond acceptors (Lipinski definition) is 3. The van der Waals surface area contributed by atoms with E-state index in [-0.39, 0.29) is 11.7 Å². The highest BCUT2D eigenvalue weighted by Crippen LogP contribution is 2.26. The van der Waals surface area contributed by atoms with Crippen LogP contribution in [0.3, 0.4) is 0 Å². The monoisotopic (exact) mass is 263 g/mol. The molecule has 2 rings (SSSR count). The van der Waals surface area contributed by atoms with Crippen LogP contribution in [0.2, 0.25) is 0 Å². The fourth-order valence-electron chi connectivity index (χ4n) is 1.75. The van der Waals surface area contributed by atoms with E-state index in [4.69, 9.17) is 0 Å². The quantitative estimate of drug-likeness (QED) is 0.791. The van der Waals surface area contributed by atoms with Gasteiger partial charge in [0.25, 0.3) is 0 Å². The minimum atomic E-state index is -0.362. The number of hydrogen-bond donors (Lipinski definition) is 0. The van der Waals surface area contributed by atoms with Crippen LogP contribution in [-0.2, 0) is 11.2 Å². The molecule has 1 unspecified atom stereocenters. The molecule has 2 nitrogen and oxygen atoms in total. The number of carbonyl (C=O) groups excluding carboxylic acids is 1. The van der Waals surface area contributed by atoms with Gasteiger partial charge in [-0.15, -0.1) is 11.3 Å². The number of benzene rings is 1. The molecule has 1 aromatic carbocycles. The summed E-state index contributed by atoms with van der Waals surface area (Å²) in [7, 11) is 0. The Bertz CT molecular complexity index is 545. The second-order valence-electron chi connectivity index (χ2n) is 4.23. The van der Waals surface area contributed by atoms with E-state index in [0.29, 0.717) is 12.0 Å². The fourth-order valence-corrected chi connectivity index (χ4v) is 2.73. The average molecular weight is 263 g/mol. The Hall–Kier alpha value is -1.55. The molecule has 1 heterocycles. The van der Waals surface area contributed by atoms with E-state index in [1.165, 1.54) is 17.4 Å². The van der Waals surface area contributed by atoms with Crippen molar-refractivity contribution in [3.8, 4) is 0 Å². The zero-order chi connectivity index (χ0) is 13.1. The largest absolute Gasteiger partial charge is 0.303 e. The van der Waals surface area contributed by atoms with Gasteiger partial charge in [0.2, 0.25) is 0 Å². The lowest BCUT2D eigenvalue weighted by molar-refractivity contribution is -0.109. The van der Waals surface area contributed by atoms with Crippen LogP contribution in [0.4, 0.5) is 4.39 Å². The number of nitrogens with zero attached hydrogens (tertiary/aromatic N) is 1.